The second-order valence-corrected chi connectivity index (χ2v) is 9.28. The number of nitrogens with one attached hydrogen (secondary N) is 1. The molecule has 1 fully saturated rings. The minimum atomic E-state index is -0.433. The fourth-order valence-corrected chi connectivity index (χ4v) is 4.75. The van der Waals surface area contributed by atoms with Gasteiger partial charge in [0.2, 0.25) is 11.8 Å². The number of nitrogens with zero attached hydrogens (tertiary/aromatic N) is 3. The molecular formula is C29H30N4O4. The van der Waals surface area contributed by atoms with Crippen LogP contribution in [0.3, 0.4) is 0 Å². The number of hydrogen-bond acceptors (Lipinski definition) is 5. The van der Waals surface area contributed by atoms with Crippen molar-refractivity contribution in [3.63, 3.8) is 0 Å². The van der Waals surface area contributed by atoms with Crippen LogP contribution in [0.25, 0.3) is 16.9 Å². The van der Waals surface area contributed by atoms with Crippen LogP contribution in [-0.2, 0) is 16.0 Å². The Morgan fingerprint density at radius 2 is 1.84 bits per heavy atom. The van der Waals surface area contributed by atoms with Crippen LogP contribution in [0.2, 0.25) is 0 Å². The Morgan fingerprint density at radius 3 is 2.59 bits per heavy atom. The number of carbonyl (C=O) groups excluding carboxylic acids is 2. The molecule has 1 aliphatic rings. The van der Waals surface area contributed by atoms with Crippen LogP contribution in [0.1, 0.15) is 17.5 Å². The molecule has 0 aliphatic carbocycles. The standard InChI is InChI=1S/C29H30N4O4/c1-19-9-12-25-30-27(21-7-5-4-6-8-21)28(33(25)17-19)31-29(35)22-16-26(34)32(18-22)14-13-20-10-11-23(36-2)24(15-20)37-3/h4-12,15,17,22H,13-14,16,18H2,1-3H3,(H,31,35)/t22-/m0/s1. The topological polar surface area (TPSA) is 85.2 Å². The number of methoxy groups -OCH3 is 2. The van der Waals surface area contributed by atoms with E-state index in [-0.39, 0.29) is 18.2 Å². The van der Waals surface area contributed by atoms with Crippen LogP contribution in [0, 0.1) is 12.8 Å². The van der Waals surface area contributed by atoms with Gasteiger partial charge in [0.15, 0.2) is 11.5 Å². The number of pyridine rings is 1. The van der Waals surface area contributed by atoms with Crippen LogP contribution in [0.4, 0.5) is 5.82 Å². The molecule has 1 atom stereocenters. The Kier molecular flexibility index (Phi) is 6.81. The second kappa shape index (κ2) is 10.3. The molecule has 0 unspecified atom stereocenters. The Labute approximate surface area is 215 Å². The largest absolute Gasteiger partial charge is 0.493 e. The highest BCUT2D eigenvalue weighted by molar-refractivity contribution is 5.99. The predicted molar refractivity (Wildman–Crippen MR) is 142 cm³/mol. The number of anilines is 1. The average Bonchev–Trinajstić information content (AvgIpc) is 3.47. The molecule has 1 saturated heterocycles. The van der Waals surface area contributed by atoms with Crippen LogP contribution in [-0.4, -0.2) is 53.4 Å². The van der Waals surface area contributed by atoms with Crippen molar-refractivity contribution in [3.05, 3.63) is 78.0 Å². The minimum absolute atomic E-state index is 0.0158. The summed E-state index contributed by atoms with van der Waals surface area (Å²) in [5.41, 5.74) is 4.45. The summed E-state index contributed by atoms with van der Waals surface area (Å²) in [6, 6.07) is 19.5. The third-order valence-corrected chi connectivity index (χ3v) is 6.76. The number of imidazole rings is 1. The first-order valence-corrected chi connectivity index (χ1v) is 12.3. The van der Waals surface area contributed by atoms with E-state index in [4.69, 9.17) is 14.5 Å². The van der Waals surface area contributed by atoms with E-state index in [2.05, 4.69) is 5.32 Å². The van der Waals surface area contributed by atoms with E-state index in [0.29, 0.717) is 42.5 Å². The van der Waals surface area contributed by atoms with E-state index >= 15 is 0 Å². The van der Waals surface area contributed by atoms with E-state index in [0.717, 1.165) is 22.3 Å². The SMILES string of the molecule is COc1ccc(CCN2C[C@@H](C(=O)Nc3c(-c4ccccc4)nc4ccc(C)cn34)CC2=O)cc1OC. The fraction of sp³-hybridized carbons (Fsp3) is 0.276. The van der Waals surface area contributed by atoms with Crippen LogP contribution >= 0.6 is 0 Å². The van der Waals surface area contributed by atoms with Crippen LogP contribution < -0.4 is 14.8 Å². The molecule has 1 aliphatic heterocycles. The van der Waals surface area contributed by atoms with Crippen LogP contribution in [0.5, 0.6) is 11.5 Å². The van der Waals surface area contributed by atoms with Crippen molar-refractivity contribution in [2.45, 2.75) is 19.8 Å². The maximum Gasteiger partial charge on any atom is 0.230 e. The number of likely N-dealkylation sites (tertiary alicyclic amines) is 1. The lowest BCUT2D eigenvalue weighted by Crippen LogP contribution is -2.30. The number of amides is 2. The molecular weight excluding hydrogens is 468 g/mol. The van der Waals surface area contributed by atoms with Gasteiger partial charge in [0.1, 0.15) is 17.2 Å². The zero-order chi connectivity index (χ0) is 25.9. The molecule has 0 saturated carbocycles. The molecule has 4 aromatic rings. The fourth-order valence-electron chi connectivity index (χ4n) is 4.75. The third-order valence-electron chi connectivity index (χ3n) is 6.76. The van der Waals surface area contributed by atoms with Gasteiger partial charge in [-0.15, -0.1) is 0 Å². The van der Waals surface area contributed by atoms with Crippen molar-refractivity contribution in [1.82, 2.24) is 14.3 Å². The Bertz CT molecular complexity index is 1450. The van der Waals surface area contributed by atoms with E-state index < -0.39 is 5.92 Å². The summed E-state index contributed by atoms with van der Waals surface area (Å²) in [7, 11) is 3.20. The number of aryl methyl sites for hydroxylation is 1. The number of carbonyl (C=O) groups is 2. The molecule has 3 heterocycles. The van der Waals surface area contributed by atoms with Gasteiger partial charge in [-0.2, -0.15) is 0 Å². The second-order valence-electron chi connectivity index (χ2n) is 9.28. The number of ether oxygens (including phenoxy) is 2. The van der Waals surface area contributed by atoms with Crippen molar-refractivity contribution in [1.29, 1.82) is 0 Å². The van der Waals surface area contributed by atoms with Crippen LogP contribution in [0.15, 0.2) is 66.9 Å². The maximum atomic E-state index is 13.4. The van der Waals surface area contributed by atoms with Gasteiger partial charge in [0.25, 0.3) is 0 Å². The molecule has 2 amide bonds. The zero-order valence-corrected chi connectivity index (χ0v) is 21.2. The molecule has 37 heavy (non-hydrogen) atoms. The zero-order valence-electron chi connectivity index (χ0n) is 21.2. The van der Waals surface area contributed by atoms with Crippen molar-refractivity contribution in [2.75, 3.05) is 32.6 Å². The summed E-state index contributed by atoms with van der Waals surface area (Å²) in [4.78, 5) is 32.7. The Morgan fingerprint density at radius 1 is 1.05 bits per heavy atom. The van der Waals surface area contributed by atoms with Crippen molar-refractivity contribution < 1.29 is 19.1 Å². The van der Waals surface area contributed by atoms with Gasteiger partial charge in [-0.05, 0) is 42.7 Å². The molecule has 5 rings (SSSR count). The smallest absolute Gasteiger partial charge is 0.230 e. The summed E-state index contributed by atoms with van der Waals surface area (Å²) >= 11 is 0. The molecule has 0 bridgehead atoms. The molecule has 8 nitrogen and oxygen atoms in total. The summed E-state index contributed by atoms with van der Waals surface area (Å²) in [6.45, 7) is 2.91. The van der Waals surface area contributed by atoms with Gasteiger partial charge in [0.05, 0.1) is 20.1 Å². The highest BCUT2D eigenvalue weighted by Crippen LogP contribution is 2.31. The molecule has 0 radical (unpaired) electrons. The number of hydrogen-bond donors (Lipinski definition) is 1. The maximum absolute atomic E-state index is 13.4. The number of benzene rings is 2. The van der Waals surface area contributed by atoms with E-state index in [9.17, 15) is 9.59 Å². The molecule has 0 spiro atoms. The number of aromatic nitrogens is 2. The molecule has 1 N–H and O–H groups in total. The lowest BCUT2D eigenvalue weighted by molar-refractivity contribution is -0.128. The molecule has 190 valence electrons. The average molecular weight is 499 g/mol. The predicted octanol–water partition coefficient (Wildman–Crippen LogP) is 4.36. The lowest BCUT2D eigenvalue weighted by Gasteiger charge is -2.17. The Hall–Kier alpha value is -4.33. The van der Waals surface area contributed by atoms with Crippen molar-refractivity contribution >= 4 is 23.3 Å². The lowest BCUT2D eigenvalue weighted by atomic mass is 10.1. The van der Waals surface area contributed by atoms with Gasteiger partial charge in [-0.3, -0.25) is 14.0 Å². The van der Waals surface area contributed by atoms with Crippen molar-refractivity contribution in [2.24, 2.45) is 5.92 Å². The minimum Gasteiger partial charge on any atom is -0.493 e. The summed E-state index contributed by atoms with van der Waals surface area (Å²) < 4.78 is 12.6. The summed E-state index contributed by atoms with van der Waals surface area (Å²) in [6.07, 6.45) is 2.80. The normalized spacial score (nSPS) is 15.3. The third kappa shape index (κ3) is 5.00. The highest BCUT2D eigenvalue weighted by Gasteiger charge is 2.35. The number of rotatable bonds is 8. The molecule has 2 aromatic heterocycles. The Balaban J connectivity index is 1.31. The van der Waals surface area contributed by atoms with Gasteiger partial charge >= 0.3 is 0 Å². The van der Waals surface area contributed by atoms with Gasteiger partial charge in [-0.1, -0.05) is 42.5 Å². The van der Waals surface area contributed by atoms with Gasteiger partial charge < -0.3 is 19.7 Å². The monoisotopic (exact) mass is 498 g/mol. The highest BCUT2D eigenvalue weighted by atomic mass is 16.5. The first-order chi connectivity index (χ1) is 18.0. The first kappa shape index (κ1) is 24.4. The summed E-state index contributed by atoms with van der Waals surface area (Å²) in [5, 5.41) is 3.10. The summed E-state index contributed by atoms with van der Waals surface area (Å²) in [5.74, 6) is 1.31. The number of fused-ring (bicyclic) bond motifs is 1. The van der Waals surface area contributed by atoms with E-state index in [1.807, 2.05) is 78.2 Å². The molecule has 8 heteroatoms. The van der Waals surface area contributed by atoms with Gasteiger partial charge in [0, 0.05) is 31.3 Å². The van der Waals surface area contributed by atoms with E-state index in [1.54, 1.807) is 19.1 Å². The van der Waals surface area contributed by atoms with Crippen molar-refractivity contribution in [3.8, 4) is 22.8 Å². The van der Waals surface area contributed by atoms with E-state index in [1.165, 1.54) is 0 Å². The van der Waals surface area contributed by atoms with Gasteiger partial charge in [-0.25, -0.2) is 4.98 Å². The molecule has 2 aromatic carbocycles. The quantitative estimate of drug-likeness (QED) is 0.390. The first-order valence-electron chi connectivity index (χ1n) is 12.3.